The average Bonchev–Trinajstić information content (AvgIpc) is 2.40. The van der Waals surface area contributed by atoms with E-state index in [0.29, 0.717) is 19.0 Å². The van der Waals surface area contributed by atoms with E-state index in [1.165, 1.54) is 0 Å². The highest BCUT2D eigenvalue weighted by Gasteiger charge is 2.36. The molecule has 0 aromatic carbocycles. The van der Waals surface area contributed by atoms with Crippen LogP contribution in [-0.2, 0) is 17.7 Å². The summed E-state index contributed by atoms with van der Waals surface area (Å²) in [6.07, 6.45) is 2.11. The van der Waals surface area contributed by atoms with Crippen LogP contribution in [0.3, 0.4) is 0 Å². The van der Waals surface area contributed by atoms with Crippen LogP contribution in [0.5, 0.6) is 5.88 Å². The lowest BCUT2D eigenvalue weighted by atomic mass is 10.1. The van der Waals surface area contributed by atoms with E-state index in [1.54, 1.807) is 11.2 Å². The second kappa shape index (κ2) is 5.72. The average molecular weight is 306 g/mol. The van der Waals surface area contributed by atoms with E-state index in [9.17, 15) is 4.79 Å². The monoisotopic (exact) mass is 306 g/mol. The molecule has 0 radical (unpaired) electrons. The van der Waals surface area contributed by atoms with Gasteiger partial charge in [0.1, 0.15) is 18.0 Å². The van der Waals surface area contributed by atoms with Crippen LogP contribution in [0, 0.1) is 0 Å². The molecule has 3 rings (SSSR count). The number of nitrogens with zero attached hydrogens (tertiary/aromatic N) is 3. The number of carbonyl (C=O) groups is 1. The van der Waals surface area contributed by atoms with E-state index in [-0.39, 0.29) is 12.2 Å². The van der Waals surface area contributed by atoms with Gasteiger partial charge < -0.3 is 19.7 Å². The van der Waals surface area contributed by atoms with Crippen LogP contribution < -0.4 is 10.1 Å². The lowest BCUT2D eigenvalue weighted by Crippen LogP contribution is -2.57. The van der Waals surface area contributed by atoms with Crippen LogP contribution in [-0.4, -0.2) is 52.3 Å². The van der Waals surface area contributed by atoms with Crippen LogP contribution in [0.25, 0.3) is 0 Å². The summed E-state index contributed by atoms with van der Waals surface area (Å²) in [4.78, 5) is 22.1. The lowest BCUT2D eigenvalue weighted by molar-refractivity contribution is -0.0235. The fourth-order valence-corrected chi connectivity index (χ4v) is 2.49. The van der Waals surface area contributed by atoms with Crippen molar-refractivity contribution in [3.05, 3.63) is 17.6 Å². The molecule has 3 heterocycles. The number of hydrogen-bond donors (Lipinski definition) is 1. The van der Waals surface area contributed by atoms with E-state index in [1.807, 2.05) is 20.8 Å². The molecular weight excluding hydrogens is 284 g/mol. The molecule has 1 N–H and O–H groups in total. The van der Waals surface area contributed by atoms with E-state index < -0.39 is 5.60 Å². The largest absolute Gasteiger partial charge is 0.470 e. The Labute approximate surface area is 130 Å². The highest BCUT2D eigenvalue weighted by molar-refractivity contribution is 5.69. The number of aromatic nitrogens is 2. The lowest BCUT2D eigenvalue weighted by Gasteiger charge is -2.39. The van der Waals surface area contributed by atoms with Crippen LogP contribution in [0.1, 0.15) is 32.0 Å². The van der Waals surface area contributed by atoms with Gasteiger partial charge in [-0.3, -0.25) is 0 Å². The first-order valence-corrected chi connectivity index (χ1v) is 7.60. The van der Waals surface area contributed by atoms with E-state index in [0.717, 1.165) is 30.8 Å². The van der Waals surface area contributed by atoms with Crippen LogP contribution in [0.2, 0.25) is 0 Å². The number of rotatable bonds is 2. The number of hydrogen-bond acceptors (Lipinski definition) is 6. The first-order chi connectivity index (χ1) is 10.4. The minimum absolute atomic E-state index is 0.0338. The topological polar surface area (TPSA) is 76.6 Å². The summed E-state index contributed by atoms with van der Waals surface area (Å²) in [5.41, 5.74) is 1.61. The van der Waals surface area contributed by atoms with Crippen LogP contribution in [0.15, 0.2) is 6.33 Å². The summed E-state index contributed by atoms with van der Waals surface area (Å²) < 4.78 is 11.2. The van der Waals surface area contributed by atoms with Crippen molar-refractivity contribution in [3.8, 4) is 5.88 Å². The van der Waals surface area contributed by atoms with Crippen molar-refractivity contribution >= 4 is 6.09 Å². The molecule has 120 valence electrons. The van der Waals surface area contributed by atoms with Crippen molar-refractivity contribution in [1.29, 1.82) is 0 Å². The highest BCUT2D eigenvalue weighted by Crippen LogP contribution is 2.24. The molecule has 1 saturated heterocycles. The summed E-state index contributed by atoms with van der Waals surface area (Å²) in [6.45, 7) is 8.30. The van der Waals surface area contributed by atoms with Gasteiger partial charge >= 0.3 is 6.09 Å². The Balaban J connectivity index is 1.56. The Hall–Kier alpha value is -1.89. The molecule has 2 aliphatic rings. The van der Waals surface area contributed by atoms with Crippen molar-refractivity contribution in [2.24, 2.45) is 0 Å². The number of ether oxygens (including phenoxy) is 2. The maximum Gasteiger partial charge on any atom is 0.410 e. The molecular formula is C15H22N4O3. The summed E-state index contributed by atoms with van der Waals surface area (Å²) in [6, 6.07) is 0. The first kappa shape index (κ1) is 15.0. The van der Waals surface area contributed by atoms with E-state index >= 15 is 0 Å². The fraction of sp³-hybridized carbons (Fsp3) is 0.667. The smallest absolute Gasteiger partial charge is 0.410 e. The Morgan fingerprint density at radius 2 is 2.14 bits per heavy atom. The number of nitrogens with one attached hydrogen (secondary N) is 1. The molecule has 1 fully saturated rings. The Kier molecular flexibility index (Phi) is 3.90. The van der Waals surface area contributed by atoms with E-state index in [2.05, 4.69) is 15.3 Å². The van der Waals surface area contributed by atoms with Gasteiger partial charge in [-0.15, -0.1) is 0 Å². The third-order valence-corrected chi connectivity index (χ3v) is 3.61. The summed E-state index contributed by atoms with van der Waals surface area (Å²) in [5, 5.41) is 3.30. The zero-order valence-corrected chi connectivity index (χ0v) is 13.3. The number of fused-ring (bicyclic) bond motifs is 1. The molecule has 0 saturated carbocycles. The quantitative estimate of drug-likeness (QED) is 0.882. The van der Waals surface area contributed by atoms with E-state index in [4.69, 9.17) is 9.47 Å². The summed E-state index contributed by atoms with van der Waals surface area (Å²) in [7, 11) is 0. The van der Waals surface area contributed by atoms with Gasteiger partial charge in [0, 0.05) is 25.1 Å². The van der Waals surface area contributed by atoms with Gasteiger partial charge in [0.15, 0.2) is 0 Å². The normalized spacial score (nSPS) is 18.4. The third-order valence-electron chi connectivity index (χ3n) is 3.61. The molecule has 1 aromatic heterocycles. The second-order valence-electron chi connectivity index (χ2n) is 6.66. The number of carbonyl (C=O) groups excluding carboxylic acids is 1. The van der Waals surface area contributed by atoms with Gasteiger partial charge in [0.2, 0.25) is 5.88 Å². The summed E-state index contributed by atoms with van der Waals surface area (Å²) in [5.74, 6) is 0.631. The zero-order valence-electron chi connectivity index (χ0n) is 13.3. The van der Waals surface area contributed by atoms with Crippen molar-refractivity contribution in [2.75, 3.05) is 19.6 Å². The minimum Gasteiger partial charge on any atom is -0.470 e. The highest BCUT2D eigenvalue weighted by atomic mass is 16.6. The molecule has 7 heteroatoms. The molecule has 7 nitrogen and oxygen atoms in total. The van der Waals surface area contributed by atoms with Crippen LogP contribution >= 0.6 is 0 Å². The van der Waals surface area contributed by atoms with Gasteiger partial charge in [-0.05, 0) is 20.8 Å². The zero-order chi connectivity index (χ0) is 15.7. The Morgan fingerprint density at radius 1 is 1.36 bits per heavy atom. The molecule has 0 aliphatic carbocycles. The Bertz CT molecular complexity index is 564. The third kappa shape index (κ3) is 3.30. The second-order valence-corrected chi connectivity index (χ2v) is 6.66. The predicted molar refractivity (Wildman–Crippen MR) is 79.7 cm³/mol. The van der Waals surface area contributed by atoms with Crippen LogP contribution in [0.4, 0.5) is 4.79 Å². The van der Waals surface area contributed by atoms with Gasteiger partial charge in [0.05, 0.1) is 18.8 Å². The molecule has 0 unspecified atom stereocenters. The van der Waals surface area contributed by atoms with Gasteiger partial charge in [-0.25, -0.2) is 14.8 Å². The number of amides is 1. The van der Waals surface area contributed by atoms with Gasteiger partial charge in [-0.1, -0.05) is 0 Å². The minimum atomic E-state index is -0.472. The predicted octanol–water partition coefficient (Wildman–Crippen LogP) is 1.12. The molecule has 22 heavy (non-hydrogen) atoms. The first-order valence-electron chi connectivity index (χ1n) is 7.60. The molecule has 1 amide bonds. The van der Waals surface area contributed by atoms with Gasteiger partial charge in [0.25, 0.3) is 0 Å². The maximum atomic E-state index is 11.9. The van der Waals surface area contributed by atoms with Gasteiger partial charge in [-0.2, -0.15) is 0 Å². The Morgan fingerprint density at radius 3 is 2.86 bits per heavy atom. The molecule has 0 spiro atoms. The molecule has 2 aliphatic heterocycles. The summed E-state index contributed by atoms with van der Waals surface area (Å²) >= 11 is 0. The van der Waals surface area contributed by atoms with Crippen molar-refractivity contribution in [1.82, 2.24) is 20.2 Å². The molecule has 0 bridgehead atoms. The van der Waals surface area contributed by atoms with Crippen molar-refractivity contribution in [3.63, 3.8) is 0 Å². The maximum absolute atomic E-state index is 11.9. The van der Waals surface area contributed by atoms with Crippen molar-refractivity contribution in [2.45, 2.75) is 45.4 Å². The molecule has 0 atom stereocenters. The number of likely N-dealkylation sites (tertiary alicyclic amines) is 1. The fourth-order valence-electron chi connectivity index (χ4n) is 2.49. The molecule has 1 aromatic rings. The SMILES string of the molecule is CC(C)(C)OC(=O)N1CC(Oc2ncnc3c2CNCC3)C1. The van der Waals surface area contributed by atoms with Crippen molar-refractivity contribution < 1.29 is 14.3 Å². The standard InChI is InChI=1S/C15H22N4O3/c1-15(2,3)22-14(20)19-7-10(8-19)21-13-11-6-16-5-4-12(11)17-9-18-13/h9-10,16H,4-8H2,1-3H3.